The van der Waals surface area contributed by atoms with Gasteiger partial charge in [0.05, 0.1) is 16.6 Å². The van der Waals surface area contributed by atoms with E-state index in [2.05, 4.69) is 16.4 Å². The molecule has 5 heteroatoms. The summed E-state index contributed by atoms with van der Waals surface area (Å²) in [4.78, 5) is 4.66. The molecule has 0 spiro atoms. The van der Waals surface area contributed by atoms with Crippen LogP contribution in [0.1, 0.15) is 16.7 Å². The molecule has 0 aliphatic carbocycles. The normalized spacial score (nSPS) is 11.0. The first-order valence-electron chi connectivity index (χ1n) is 7.92. The van der Waals surface area contributed by atoms with E-state index >= 15 is 0 Å². The summed E-state index contributed by atoms with van der Waals surface area (Å²) in [5.41, 5.74) is 5.85. The molecular formula is C20H15ClN4. The number of aryl methyl sites for hydroxylation is 2. The molecular weight excluding hydrogens is 332 g/mol. The predicted octanol–water partition coefficient (Wildman–Crippen LogP) is 5.37. The van der Waals surface area contributed by atoms with Gasteiger partial charge in [0.25, 0.3) is 0 Å². The van der Waals surface area contributed by atoms with Gasteiger partial charge in [-0.1, -0.05) is 29.8 Å². The molecule has 2 aromatic carbocycles. The van der Waals surface area contributed by atoms with E-state index in [9.17, 15) is 5.26 Å². The molecule has 2 aromatic heterocycles. The van der Waals surface area contributed by atoms with Crippen molar-refractivity contribution >= 4 is 39.8 Å². The van der Waals surface area contributed by atoms with Crippen LogP contribution in [0.15, 0.2) is 48.5 Å². The highest BCUT2D eigenvalue weighted by Crippen LogP contribution is 2.29. The maximum Gasteiger partial charge on any atom is 0.157 e. The van der Waals surface area contributed by atoms with E-state index in [1.807, 2.05) is 66.8 Å². The quantitative estimate of drug-likeness (QED) is 0.530. The van der Waals surface area contributed by atoms with E-state index in [1.165, 1.54) is 0 Å². The first-order valence-corrected chi connectivity index (χ1v) is 8.30. The van der Waals surface area contributed by atoms with Crippen LogP contribution >= 0.6 is 11.6 Å². The highest BCUT2D eigenvalue weighted by atomic mass is 35.5. The number of para-hydroxylation sites is 2. The Bertz CT molecular complexity index is 1170. The molecule has 0 fully saturated rings. The van der Waals surface area contributed by atoms with Crippen molar-refractivity contribution in [3.05, 3.63) is 70.2 Å². The lowest BCUT2D eigenvalue weighted by Crippen LogP contribution is -2.02. The second-order valence-electron chi connectivity index (χ2n) is 6.05. The third-order valence-corrected chi connectivity index (χ3v) is 4.74. The molecule has 0 radical (unpaired) electrons. The van der Waals surface area contributed by atoms with Crippen molar-refractivity contribution in [2.24, 2.45) is 0 Å². The van der Waals surface area contributed by atoms with Crippen molar-refractivity contribution in [1.82, 2.24) is 9.38 Å². The Hall–Kier alpha value is -3.03. The number of anilines is 2. The number of nitrogens with zero attached hydrogens (tertiary/aromatic N) is 3. The number of halogens is 1. The number of rotatable bonds is 2. The number of benzene rings is 2. The maximum atomic E-state index is 9.55. The van der Waals surface area contributed by atoms with Crippen LogP contribution in [0, 0.1) is 25.2 Å². The molecule has 2 heterocycles. The Morgan fingerprint density at radius 3 is 2.64 bits per heavy atom. The van der Waals surface area contributed by atoms with Crippen molar-refractivity contribution in [3.8, 4) is 6.07 Å². The minimum atomic E-state index is 0.587. The van der Waals surface area contributed by atoms with Crippen molar-refractivity contribution in [2.75, 3.05) is 5.32 Å². The van der Waals surface area contributed by atoms with Crippen LogP contribution in [0.5, 0.6) is 0 Å². The van der Waals surface area contributed by atoms with Crippen LogP contribution in [0.2, 0.25) is 5.02 Å². The lowest BCUT2D eigenvalue weighted by atomic mass is 10.1. The van der Waals surface area contributed by atoms with Crippen molar-refractivity contribution in [1.29, 1.82) is 5.26 Å². The van der Waals surface area contributed by atoms with Gasteiger partial charge in [-0.05, 0) is 55.3 Å². The zero-order valence-corrected chi connectivity index (χ0v) is 14.6. The Morgan fingerprint density at radius 2 is 1.88 bits per heavy atom. The fourth-order valence-electron chi connectivity index (χ4n) is 3.00. The second-order valence-corrected chi connectivity index (χ2v) is 6.46. The van der Waals surface area contributed by atoms with E-state index in [1.54, 1.807) is 0 Å². The molecule has 122 valence electrons. The fraction of sp³-hybridized carbons (Fsp3) is 0.100. The minimum Gasteiger partial charge on any atom is -0.341 e. The van der Waals surface area contributed by atoms with Gasteiger partial charge in [-0.2, -0.15) is 5.26 Å². The smallest absolute Gasteiger partial charge is 0.157 e. The highest BCUT2D eigenvalue weighted by Gasteiger charge is 2.15. The van der Waals surface area contributed by atoms with Crippen molar-refractivity contribution in [2.45, 2.75) is 13.8 Å². The maximum absolute atomic E-state index is 9.55. The second kappa shape index (κ2) is 5.80. The number of fused-ring (bicyclic) bond motifs is 3. The third kappa shape index (κ3) is 2.50. The van der Waals surface area contributed by atoms with Crippen LogP contribution in [0.4, 0.5) is 11.5 Å². The summed E-state index contributed by atoms with van der Waals surface area (Å²) in [6, 6.07) is 18.0. The first kappa shape index (κ1) is 15.5. The minimum absolute atomic E-state index is 0.587. The number of imidazole rings is 1. The van der Waals surface area contributed by atoms with Gasteiger partial charge >= 0.3 is 0 Å². The molecule has 0 amide bonds. The van der Waals surface area contributed by atoms with E-state index in [4.69, 9.17) is 11.6 Å². The Balaban J connectivity index is 2.00. The molecule has 4 rings (SSSR count). The molecule has 4 nitrogen and oxygen atoms in total. The zero-order valence-electron chi connectivity index (χ0n) is 13.8. The Morgan fingerprint density at radius 1 is 1.08 bits per heavy atom. The van der Waals surface area contributed by atoms with E-state index in [0.717, 1.165) is 33.7 Å². The molecule has 0 saturated heterocycles. The monoisotopic (exact) mass is 346 g/mol. The third-order valence-electron chi connectivity index (χ3n) is 4.33. The van der Waals surface area contributed by atoms with Gasteiger partial charge in [0, 0.05) is 10.7 Å². The van der Waals surface area contributed by atoms with Gasteiger partial charge in [-0.15, -0.1) is 0 Å². The Labute approximate surface area is 150 Å². The average molecular weight is 347 g/mol. The van der Waals surface area contributed by atoms with Gasteiger partial charge in [0.1, 0.15) is 11.9 Å². The molecule has 1 N–H and O–H groups in total. The lowest BCUT2D eigenvalue weighted by molar-refractivity contribution is 1.19. The standard InChI is InChI=1S/C20H15ClN4/c1-12-7-8-14(10-16(12)21)23-19-9-13(2)15(11-22)20-24-17-5-3-4-6-18(17)25(19)20/h3-10,23H,1-2H3. The topological polar surface area (TPSA) is 53.1 Å². The Kier molecular flexibility index (Phi) is 3.60. The molecule has 0 bridgehead atoms. The number of aromatic nitrogens is 2. The van der Waals surface area contributed by atoms with Crippen LogP contribution in [-0.2, 0) is 0 Å². The van der Waals surface area contributed by atoms with E-state index < -0.39 is 0 Å². The first-order chi connectivity index (χ1) is 12.1. The van der Waals surface area contributed by atoms with E-state index in [-0.39, 0.29) is 0 Å². The molecule has 0 unspecified atom stereocenters. The van der Waals surface area contributed by atoms with Gasteiger partial charge in [-0.25, -0.2) is 4.98 Å². The number of hydrogen-bond acceptors (Lipinski definition) is 3. The number of hydrogen-bond donors (Lipinski definition) is 1. The van der Waals surface area contributed by atoms with Crippen LogP contribution in [0.25, 0.3) is 16.7 Å². The average Bonchev–Trinajstić information content (AvgIpc) is 2.98. The number of nitriles is 1. The van der Waals surface area contributed by atoms with Crippen LogP contribution in [-0.4, -0.2) is 9.38 Å². The molecule has 4 aromatic rings. The highest BCUT2D eigenvalue weighted by molar-refractivity contribution is 6.31. The molecule has 25 heavy (non-hydrogen) atoms. The van der Waals surface area contributed by atoms with Gasteiger partial charge in [0.15, 0.2) is 5.65 Å². The van der Waals surface area contributed by atoms with Crippen molar-refractivity contribution < 1.29 is 0 Å². The molecule has 0 aliphatic rings. The largest absolute Gasteiger partial charge is 0.341 e. The molecule has 0 saturated carbocycles. The van der Waals surface area contributed by atoms with Gasteiger partial charge in [0.2, 0.25) is 0 Å². The van der Waals surface area contributed by atoms with Crippen LogP contribution < -0.4 is 5.32 Å². The van der Waals surface area contributed by atoms with E-state index in [0.29, 0.717) is 16.2 Å². The summed E-state index contributed by atoms with van der Waals surface area (Å²) in [5.74, 6) is 0.847. The predicted molar refractivity (Wildman–Crippen MR) is 102 cm³/mol. The molecule has 0 aliphatic heterocycles. The van der Waals surface area contributed by atoms with Gasteiger partial charge < -0.3 is 5.32 Å². The number of nitrogens with one attached hydrogen (secondary N) is 1. The summed E-state index contributed by atoms with van der Waals surface area (Å²) in [6.07, 6.45) is 0. The van der Waals surface area contributed by atoms with Gasteiger partial charge in [-0.3, -0.25) is 4.40 Å². The summed E-state index contributed by atoms with van der Waals surface area (Å²) < 4.78 is 1.98. The summed E-state index contributed by atoms with van der Waals surface area (Å²) in [7, 11) is 0. The fourth-order valence-corrected chi connectivity index (χ4v) is 3.18. The van der Waals surface area contributed by atoms with Crippen molar-refractivity contribution in [3.63, 3.8) is 0 Å². The summed E-state index contributed by atoms with van der Waals surface area (Å²) in [5, 5.41) is 13.7. The summed E-state index contributed by atoms with van der Waals surface area (Å²) >= 11 is 6.25. The molecule has 0 atom stereocenters. The lowest BCUT2D eigenvalue weighted by Gasteiger charge is -2.13. The summed E-state index contributed by atoms with van der Waals surface area (Å²) in [6.45, 7) is 3.89. The number of pyridine rings is 1. The SMILES string of the molecule is Cc1ccc(Nc2cc(C)c(C#N)c3nc4ccccc4n23)cc1Cl. The zero-order chi connectivity index (χ0) is 17.6. The van der Waals surface area contributed by atoms with Crippen LogP contribution in [0.3, 0.4) is 0 Å².